The average molecular weight is 264 g/mol. The molecule has 1 aliphatic carbocycles. The summed E-state index contributed by atoms with van der Waals surface area (Å²) in [6.07, 6.45) is 4.06. The summed E-state index contributed by atoms with van der Waals surface area (Å²) in [7, 11) is 0. The van der Waals surface area contributed by atoms with E-state index < -0.39 is 0 Å². The number of H-pyrrole nitrogens is 1. The summed E-state index contributed by atoms with van der Waals surface area (Å²) in [4.78, 5) is 3.21. The molecule has 1 heterocycles. The molecule has 0 saturated heterocycles. The normalized spacial score (nSPS) is 17.3. The van der Waals surface area contributed by atoms with Gasteiger partial charge in [0.2, 0.25) is 0 Å². The van der Waals surface area contributed by atoms with Crippen molar-refractivity contribution in [1.82, 2.24) is 4.98 Å². The van der Waals surface area contributed by atoms with E-state index >= 15 is 0 Å². The summed E-state index contributed by atoms with van der Waals surface area (Å²) in [6, 6.07) is 14.5. The van der Waals surface area contributed by atoms with Crippen LogP contribution in [-0.2, 0) is 6.42 Å². The Morgan fingerprint density at radius 2 is 2.05 bits per heavy atom. The van der Waals surface area contributed by atoms with Gasteiger partial charge < -0.3 is 15.4 Å². The lowest BCUT2D eigenvalue weighted by molar-refractivity contribution is 0.474. The number of fused-ring (bicyclic) bond motifs is 2. The first kappa shape index (κ1) is 11.4. The highest BCUT2D eigenvalue weighted by Crippen LogP contribution is 2.35. The Morgan fingerprint density at radius 1 is 1.10 bits per heavy atom. The number of phenols is 1. The maximum atomic E-state index is 9.54. The number of aromatic amines is 1. The Bertz CT molecular complexity index is 776. The van der Waals surface area contributed by atoms with Gasteiger partial charge in [-0.25, -0.2) is 0 Å². The molecule has 4 rings (SSSR count). The first-order chi connectivity index (χ1) is 9.79. The van der Waals surface area contributed by atoms with Gasteiger partial charge in [-0.3, -0.25) is 0 Å². The number of aromatic hydroxyl groups is 1. The fraction of sp³-hybridized carbons (Fsp3) is 0.176. The van der Waals surface area contributed by atoms with Crippen LogP contribution in [0.2, 0.25) is 0 Å². The minimum absolute atomic E-state index is 0.335. The SMILES string of the molecule is Oc1ccc2c(c1)CCC2Nc1ccc2[nH]ccc2c1. The van der Waals surface area contributed by atoms with Crippen LogP contribution in [0.15, 0.2) is 48.7 Å². The minimum Gasteiger partial charge on any atom is -0.508 e. The predicted octanol–water partition coefficient (Wildman–Crippen LogP) is 3.97. The van der Waals surface area contributed by atoms with Crippen molar-refractivity contribution in [3.05, 3.63) is 59.8 Å². The van der Waals surface area contributed by atoms with Crippen molar-refractivity contribution in [1.29, 1.82) is 0 Å². The molecule has 2 aromatic carbocycles. The number of phenolic OH excluding ortho intramolecular Hbond substituents is 1. The Morgan fingerprint density at radius 3 is 3.00 bits per heavy atom. The first-order valence-electron chi connectivity index (χ1n) is 6.95. The van der Waals surface area contributed by atoms with Gasteiger partial charge in [-0.15, -0.1) is 0 Å². The van der Waals surface area contributed by atoms with Crippen molar-refractivity contribution in [2.45, 2.75) is 18.9 Å². The van der Waals surface area contributed by atoms with Crippen LogP contribution in [0.1, 0.15) is 23.6 Å². The van der Waals surface area contributed by atoms with Crippen molar-refractivity contribution < 1.29 is 5.11 Å². The molecule has 3 N–H and O–H groups in total. The van der Waals surface area contributed by atoms with Gasteiger partial charge >= 0.3 is 0 Å². The summed E-state index contributed by atoms with van der Waals surface area (Å²) in [5.41, 5.74) is 4.86. The minimum atomic E-state index is 0.335. The van der Waals surface area contributed by atoms with Crippen LogP contribution in [0.5, 0.6) is 5.75 Å². The second-order valence-corrected chi connectivity index (χ2v) is 5.40. The Balaban J connectivity index is 1.64. The zero-order valence-electron chi connectivity index (χ0n) is 11.1. The molecule has 0 saturated carbocycles. The molecule has 100 valence electrons. The molecule has 3 heteroatoms. The summed E-state index contributed by atoms with van der Waals surface area (Å²) in [5.74, 6) is 0.359. The molecule has 0 amide bonds. The van der Waals surface area contributed by atoms with Crippen LogP contribution in [0.25, 0.3) is 10.9 Å². The highest BCUT2D eigenvalue weighted by molar-refractivity contribution is 5.83. The van der Waals surface area contributed by atoms with E-state index in [1.165, 1.54) is 16.5 Å². The molecule has 1 aromatic heterocycles. The number of hydrogen-bond donors (Lipinski definition) is 3. The zero-order chi connectivity index (χ0) is 13.5. The Kier molecular flexibility index (Phi) is 2.46. The Hall–Kier alpha value is -2.42. The third kappa shape index (κ3) is 1.83. The van der Waals surface area contributed by atoms with Crippen LogP contribution in [-0.4, -0.2) is 10.1 Å². The van der Waals surface area contributed by atoms with E-state index in [0.717, 1.165) is 24.0 Å². The number of rotatable bonds is 2. The maximum absolute atomic E-state index is 9.54. The third-order valence-electron chi connectivity index (χ3n) is 4.10. The fourth-order valence-corrected chi connectivity index (χ4v) is 3.10. The van der Waals surface area contributed by atoms with Crippen molar-refractivity contribution in [3.8, 4) is 5.75 Å². The first-order valence-corrected chi connectivity index (χ1v) is 6.95. The van der Waals surface area contributed by atoms with E-state index in [9.17, 15) is 5.11 Å². The van der Waals surface area contributed by atoms with Gasteiger partial charge in [-0.2, -0.15) is 0 Å². The zero-order valence-corrected chi connectivity index (χ0v) is 11.1. The number of hydrogen-bond acceptors (Lipinski definition) is 2. The van der Waals surface area contributed by atoms with Crippen molar-refractivity contribution in [3.63, 3.8) is 0 Å². The predicted molar refractivity (Wildman–Crippen MR) is 81.1 cm³/mol. The van der Waals surface area contributed by atoms with Crippen molar-refractivity contribution in [2.24, 2.45) is 0 Å². The fourth-order valence-electron chi connectivity index (χ4n) is 3.10. The molecule has 0 spiro atoms. The van der Waals surface area contributed by atoms with Gasteiger partial charge in [0.05, 0.1) is 6.04 Å². The van der Waals surface area contributed by atoms with Crippen molar-refractivity contribution in [2.75, 3.05) is 5.32 Å². The number of aromatic nitrogens is 1. The summed E-state index contributed by atoms with van der Waals surface area (Å²) in [5, 5.41) is 14.4. The lowest BCUT2D eigenvalue weighted by Crippen LogP contribution is -2.06. The van der Waals surface area contributed by atoms with Gasteiger partial charge in [-0.05, 0) is 60.4 Å². The van der Waals surface area contributed by atoms with Crippen LogP contribution >= 0.6 is 0 Å². The van der Waals surface area contributed by atoms with Gasteiger partial charge in [0.25, 0.3) is 0 Å². The molecule has 1 atom stereocenters. The smallest absolute Gasteiger partial charge is 0.115 e. The molecule has 0 fully saturated rings. The molecule has 0 bridgehead atoms. The standard InChI is InChI=1S/C17H16N2O/c20-14-3-4-15-11(10-14)1-5-17(15)19-13-2-6-16-12(9-13)7-8-18-16/h2-4,6-10,17-20H,1,5H2. The van der Waals surface area contributed by atoms with Gasteiger partial charge in [-0.1, -0.05) is 6.07 Å². The topological polar surface area (TPSA) is 48.0 Å². The van der Waals surface area contributed by atoms with Gasteiger partial charge in [0.1, 0.15) is 5.75 Å². The number of benzene rings is 2. The second kappa shape index (κ2) is 4.30. The molecular formula is C17H16N2O. The molecule has 1 unspecified atom stereocenters. The molecule has 3 nitrogen and oxygen atoms in total. The van der Waals surface area contributed by atoms with Crippen LogP contribution in [0.3, 0.4) is 0 Å². The quantitative estimate of drug-likeness (QED) is 0.656. The van der Waals surface area contributed by atoms with Crippen LogP contribution in [0, 0.1) is 0 Å². The summed E-state index contributed by atoms with van der Waals surface area (Å²) >= 11 is 0. The summed E-state index contributed by atoms with van der Waals surface area (Å²) < 4.78 is 0. The monoisotopic (exact) mass is 264 g/mol. The molecule has 0 aliphatic heterocycles. The molecule has 20 heavy (non-hydrogen) atoms. The molecule has 1 aliphatic rings. The number of anilines is 1. The average Bonchev–Trinajstić information content (AvgIpc) is 3.05. The highest BCUT2D eigenvalue weighted by atomic mass is 16.3. The number of aryl methyl sites for hydroxylation is 1. The van der Waals surface area contributed by atoms with Crippen molar-refractivity contribution >= 4 is 16.6 Å². The molecule has 0 radical (unpaired) electrons. The van der Waals surface area contributed by atoms with Crippen LogP contribution in [0.4, 0.5) is 5.69 Å². The second-order valence-electron chi connectivity index (χ2n) is 5.40. The van der Waals surface area contributed by atoms with E-state index in [2.05, 4.69) is 34.6 Å². The lowest BCUT2D eigenvalue weighted by atomic mass is 10.1. The van der Waals surface area contributed by atoms with E-state index in [0.29, 0.717) is 11.8 Å². The van der Waals surface area contributed by atoms with E-state index in [-0.39, 0.29) is 0 Å². The Labute approximate surface area is 117 Å². The van der Waals surface area contributed by atoms with E-state index in [4.69, 9.17) is 0 Å². The molecule has 3 aromatic rings. The lowest BCUT2D eigenvalue weighted by Gasteiger charge is -2.15. The maximum Gasteiger partial charge on any atom is 0.115 e. The van der Waals surface area contributed by atoms with E-state index in [1.54, 1.807) is 6.07 Å². The van der Waals surface area contributed by atoms with Crippen LogP contribution < -0.4 is 5.32 Å². The summed E-state index contributed by atoms with van der Waals surface area (Å²) in [6.45, 7) is 0. The highest BCUT2D eigenvalue weighted by Gasteiger charge is 2.22. The largest absolute Gasteiger partial charge is 0.508 e. The van der Waals surface area contributed by atoms with E-state index in [1.807, 2.05) is 18.3 Å². The molecular weight excluding hydrogens is 248 g/mol. The van der Waals surface area contributed by atoms with Gasteiger partial charge in [0, 0.05) is 22.8 Å². The van der Waals surface area contributed by atoms with Gasteiger partial charge in [0.15, 0.2) is 0 Å². The number of nitrogens with one attached hydrogen (secondary N) is 2. The third-order valence-corrected chi connectivity index (χ3v) is 4.10.